The van der Waals surface area contributed by atoms with Crippen LogP contribution in [0.15, 0.2) is 46.9 Å². The average Bonchev–Trinajstić information content (AvgIpc) is 2.72. The normalized spacial score (nSPS) is 12.0. The van der Waals surface area contributed by atoms with E-state index in [1.54, 1.807) is 0 Å². The van der Waals surface area contributed by atoms with Crippen LogP contribution < -0.4 is 4.74 Å². The molecule has 0 amide bonds. The summed E-state index contributed by atoms with van der Waals surface area (Å²) in [5.74, 6) is 0.769. The van der Waals surface area contributed by atoms with Crippen LogP contribution in [-0.4, -0.2) is 35.2 Å². The van der Waals surface area contributed by atoms with Gasteiger partial charge in [-0.25, -0.2) is 0 Å². The third-order valence-corrected chi connectivity index (χ3v) is 8.13. The second kappa shape index (κ2) is 10.3. The Kier molecular flexibility index (Phi) is 7.80. The maximum Gasteiger partial charge on any atom is 0.501 e. The van der Waals surface area contributed by atoms with Crippen LogP contribution in [0.4, 0.5) is 0 Å². The minimum atomic E-state index is -2.63. The molecule has 5 nitrogen and oxygen atoms in total. The van der Waals surface area contributed by atoms with Crippen LogP contribution in [0.3, 0.4) is 0 Å². The molecular formula is C22H28O5SSi. The van der Waals surface area contributed by atoms with E-state index in [9.17, 15) is 0 Å². The maximum atomic E-state index is 5.98. The van der Waals surface area contributed by atoms with Gasteiger partial charge in [0, 0.05) is 36.6 Å². The molecular weight excluding hydrogens is 404 g/mol. The predicted molar refractivity (Wildman–Crippen MR) is 120 cm³/mol. The van der Waals surface area contributed by atoms with E-state index in [-0.39, 0.29) is 0 Å². The van der Waals surface area contributed by atoms with E-state index >= 15 is 0 Å². The van der Waals surface area contributed by atoms with Gasteiger partial charge >= 0.3 is 8.80 Å². The third-order valence-electron chi connectivity index (χ3n) is 4.54. The number of ether oxygens (including phenoxy) is 1. The first-order chi connectivity index (χ1) is 14.1. The summed E-state index contributed by atoms with van der Waals surface area (Å²) in [5, 5.41) is 1.82. The van der Waals surface area contributed by atoms with Crippen LogP contribution >= 0.6 is 12.2 Å². The van der Waals surface area contributed by atoms with Crippen molar-refractivity contribution in [2.24, 2.45) is 0 Å². The minimum Gasteiger partial charge on any atom is -0.494 e. The molecule has 0 bridgehead atoms. The molecule has 0 N–H and O–H groups in total. The van der Waals surface area contributed by atoms with Gasteiger partial charge in [-0.15, -0.1) is 0 Å². The molecule has 0 saturated carbocycles. The summed E-state index contributed by atoms with van der Waals surface area (Å²) in [5.41, 5.74) is 1.55. The van der Waals surface area contributed by atoms with Crippen molar-refractivity contribution in [1.29, 1.82) is 0 Å². The van der Waals surface area contributed by atoms with Crippen LogP contribution in [0.5, 0.6) is 5.75 Å². The van der Waals surface area contributed by atoms with Gasteiger partial charge in [0.1, 0.15) is 16.9 Å². The number of benzene rings is 2. The summed E-state index contributed by atoms with van der Waals surface area (Å²) < 4.78 is 30.4. The second-order valence-corrected chi connectivity index (χ2v) is 9.66. The first kappa shape index (κ1) is 21.9. The molecule has 0 atom stereocenters. The van der Waals surface area contributed by atoms with E-state index in [2.05, 4.69) is 0 Å². The molecule has 1 heterocycles. The van der Waals surface area contributed by atoms with Crippen molar-refractivity contribution in [3.8, 4) is 5.75 Å². The van der Waals surface area contributed by atoms with E-state index in [0.29, 0.717) is 26.4 Å². The van der Waals surface area contributed by atoms with E-state index in [0.717, 1.165) is 44.7 Å². The zero-order chi connectivity index (χ0) is 20.7. The Hall–Kier alpha value is -1.77. The Morgan fingerprint density at radius 1 is 0.862 bits per heavy atom. The van der Waals surface area contributed by atoms with Crippen molar-refractivity contribution in [3.05, 3.63) is 47.0 Å². The first-order valence-corrected chi connectivity index (χ1v) is 12.5. The molecule has 0 aliphatic rings. The zero-order valence-electron chi connectivity index (χ0n) is 17.2. The van der Waals surface area contributed by atoms with Crippen molar-refractivity contribution in [2.75, 3.05) is 26.4 Å². The highest BCUT2D eigenvalue weighted by Crippen LogP contribution is 2.28. The molecule has 7 heteroatoms. The van der Waals surface area contributed by atoms with Crippen molar-refractivity contribution >= 4 is 43.0 Å². The lowest BCUT2D eigenvalue weighted by Crippen LogP contribution is -2.46. The molecule has 0 aliphatic heterocycles. The molecule has 0 saturated heterocycles. The van der Waals surface area contributed by atoms with Gasteiger partial charge in [-0.1, -0.05) is 24.4 Å². The molecule has 0 fully saturated rings. The number of fused-ring (bicyclic) bond motifs is 2. The van der Waals surface area contributed by atoms with Gasteiger partial charge in [-0.3, -0.25) is 0 Å². The van der Waals surface area contributed by atoms with E-state index in [1.807, 2.05) is 63.2 Å². The smallest absolute Gasteiger partial charge is 0.494 e. The summed E-state index contributed by atoms with van der Waals surface area (Å²) in [4.78, 5) is 0. The van der Waals surface area contributed by atoms with Gasteiger partial charge in [-0.05, 0) is 57.5 Å². The fourth-order valence-electron chi connectivity index (χ4n) is 3.35. The Bertz CT molecular complexity index is 986. The lowest BCUT2D eigenvalue weighted by molar-refractivity contribution is 0.0696. The van der Waals surface area contributed by atoms with E-state index in [1.165, 1.54) is 0 Å². The number of hydrogen-bond acceptors (Lipinski definition) is 6. The SMILES string of the molecule is CCO[Si](CCCOc1ccc2oc3ccccc3c(=S)c2c1)(OCC)OCC. The van der Waals surface area contributed by atoms with Crippen LogP contribution in [0.2, 0.25) is 6.04 Å². The fraction of sp³-hybridized carbons (Fsp3) is 0.409. The lowest BCUT2D eigenvalue weighted by Gasteiger charge is -2.28. The summed E-state index contributed by atoms with van der Waals surface area (Å²) >= 11 is 5.67. The maximum absolute atomic E-state index is 5.98. The summed E-state index contributed by atoms with van der Waals surface area (Å²) in [7, 11) is -2.63. The Morgan fingerprint density at radius 2 is 1.52 bits per heavy atom. The van der Waals surface area contributed by atoms with E-state index < -0.39 is 8.80 Å². The first-order valence-electron chi connectivity index (χ1n) is 10.1. The van der Waals surface area contributed by atoms with Crippen LogP contribution in [0.1, 0.15) is 27.2 Å². The molecule has 2 aromatic carbocycles. The van der Waals surface area contributed by atoms with Gasteiger partial charge in [0.05, 0.1) is 11.1 Å². The zero-order valence-corrected chi connectivity index (χ0v) is 19.1. The highest BCUT2D eigenvalue weighted by Gasteiger charge is 2.39. The molecule has 0 radical (unpaired) electrons. The fourth-order valence-corrected chi connectivity index (χ4v) is 6.26. The summed E-state index contributed by atoms with van der Waals surface area (Å²) in [6.07, 6.45) is 0.785. The molecule has 29 heavy (non-hydrogen) atoms. The van der Waals surface area contributed by atoms with Gasteiger partial charge < -0.3 is 22.4 Å². The quantitative estimate of drug-likeness (QED) is 0.157. The predicted octanol–water partition coefficient (Wildman–Crippen LogP) is 6.13. The molecule has 1 aromatic heterocycles. The van der Waals surface area contributed by atoms with Gasteiger partial charge in [0.2, 0.25) is 0 Å². The molecule has 3 aromatic rings. The summed E-state index contributed by atoms with van der Waals surface area (Å²) in [6, 6.07) is 14.3. The Morgan fingerprint density at radius 3 is 2.21 bits per heavy atom. The van der Waals surface area contributed by atoms with Gasteiger partial charge in [0.25, 0.3) is 0 Å². The Labute approximate surface area is 177 Å². The summed E-state index contributed by atoms with van der Waals surface area (Å²) in [6.45, 7) is 8.18. The van der Waals surface area contributed by atoms with Crippen molar-refractivity contribution in [2.45, 2.75) is 33.2 Å². The van der Waals surface area contributed by atoms with Gasteiger partial charge in [0.15, 0.2) is 0 Å². The monoisotopic (exact) mass is 432 g/mol. The minimum absolute atomic E-state index is 0.547. The number of rotatable bonds is 11. The molecule has 0 aliphatic carbocycles. The number of para-hydroxylation sites is 1. The van der Waals surface area contributed by atoms with Crippen molar-refractivity contribution < 1.29 is 22.4 Å². The van der Waals surface area contributed by atoms with Gasteiger partial charge in [-0.2, -0.15) is 0 Å². The highest BCUT2D eigenvalue weighted by molar-refractivity contribution is 7.72. The van der Waals surface area contributed by atoms with Crippen molar-refractivity contribution in [3.63, 3.8) is 0 Å². The largest absolute Gasteiger partial charge is 0.501 e. The molecule has 156 valence electrons. The van der Waals surface area contributed by atoms with Crippen LogP contribution in [-0.2, 0) is 13.3 Å². The second-order valence-electron chi connectivity index (χ2n) is 6.52. The topological polar surface area (TPSA) is 50.1 Å². The van der Waals surface area contributed by atoms with Crippen molar-refractivity contribution in [1.82, 2.24) is 0 Å². The van der Waals surface area contributed by atoms with Crippen LogP contribution in [0, 0.1) is 4.51 Å². The lowest BCUT2D eigenvalue weighted by atomic mass is 10.1. The van der Waals surface area contributed by atoms with E-state index in [4.69, 9.17) is 34.6 Å². The Balaban J connectivity index is 1.69. The average molecular weight is 433 g/mol. The number of hydrogen-bond donors (Lipinski definition) is 0. The molecule has 3 rings (SSSR count). The molecule has 0 spiro atoms. The standard InChI is InChI=1S/C22H28O5SSi/c1-4-24-29(25-5-2,26-6-3)15-9-14-23-17-12-13-21-19(16-17)22(28)18-10-7-8-11-20(18)27-21/h7-8,10-13,16H,4-6,9,14-15H2,1-3H3. The highest BCUT2D eigenvalue weighted by atomic mass is 32.1. The molecule has 0 unspecified atom stereocenters. The third kappa shape index (κ3) is 5.23. The van der Waals surface area contributed by atoms with Crippen LogP contribution in [0.25, 0.3) is 21.9 Å².